The van der Waals surface area contributed by atoms with Gasteiger partial charge in [0, 0.05) is 35.0 Å². The number of nitrogens with one attached hydrogen (secondary N) is 1. The van der Waals surface area contributed by atoms with E-state index in [4.69, 9.17) is 5.73 Å². The lowest BCUT2D eigenvalue weighted by atomic mass is 10.1. The first-order valence-electron chi connectivity index (χ1n) is 6.75. The molecule has 0 amide bonds. The smallest absolute Gasteiger partial charge is 0.269 e. The molecule has 3 aromatic rings. The number of hydrogen-bond acceptors (Lipinski definition) is 5. The number of aromatic amines is 1. The number of nitro groups is 1. The van der Waals surface area contributed by atoms with Crippen molar-refractivity contribution >= 4 is 11.4 Å². The Hall–Kier alpha value is -3.48. The molecule has 7 nitrogen and oxygen atoms in total. The zero-order valence-corrected chi connectivity index (χ0v) is 11.9. The van der Waals surface area contributed by atoms with Crippen molar-refractivity contribution < 1.29 is 4.92 Å². The molecule has 3 rings (SSSR count). The van der Waals surface area contributed by atoms with E-state index < -0.39 is 4.92 Å². The van der Waals surface area contributed by atoms with Crippen LogP contribution in [0.4, 0.5) is 11.4 Å². The standard InChI is InChI=1S/C16H12N4O3/c17-12-5-1-10(2-6-12)14-9-15(21)19-16(18-14)11-3-7-13(8-4-11)20(22)23/h1-9H,17H2,(H,18,19,21). The van der Waals surface area contributed by atoms with E-state index in [0.29, 0.717) is 22.8 Å². The third kappa shape index (κ3) is 3.08. The second kappa shape index (κ2) is 5.72. The summed E-state index contributed by atoms with van der Waals surface area (Å²) in [5.41, 5.74) is 7.79. The Morgan fingerprint density at radius 2 is 1.61 bits per heavy atom. The van der Waals surface area contributed by atoms with Crippen LogP contribution in [0.15, 0.2) is 59.4 Å². The van der Waals surface area contributed by atoms with E-state index in [1.54, 1.807) is 36.4 Å². The van der Waals surface area contributed by atoms with Gasteiger partial charge < -0.3 is 10.7 Å². The highest BCUT2D eigenvalue weighted by molar-refractivity contribution is 5.65. The summed E-state index contributed by atoms with van der Waals surface area (Å²) < 4.78 is 0. The Labute approximate surface area is 130 Å². The predicted molar refractivity (Wildman–Crippen MR) is 86.8 cm³/mol. The molecule has 1 aromatic heterocycles. The Morgan fingerprint density at radius 1 is 1.00 bits per heavy atom. The first-order chi connectivity index (χ1) is 11.0. The fourth-order valence-corrected chi connectivity index (χ4v) is 2.14. The summed E-state index contributed by atoms with van der Waals surface area (Å²) in [6.07, 6.45) is 0. The Bertz CT molecular complexity index is 915. The van der Waals surface area contributed by atoms with Crippen LogP contribution in [0.1, 0.15) is 0 Å². The molecular weight excluding hydrogens is 296 g/mol. The van der Waals surface area contributed by atoms with Gasteiger partial charge in [-0.25, -0.2) is 4.98 Å². The molecule has 0 saturated carbocycles. The topological polar surface area (TPSA) is 115 Å². The van der Waals surface area contributed by atoms with Crippen molar-refractivity contribution in [1.29, 1.82) is 0 Å². The van der Waals surface area contributed by atoms with Gasteiger partial charge in [-0.2, -0.15) is 0 Å². The first kappa shape index (κ1) is 14.5. The summed E-state index contributed by atoms with van der Waals surface area (Å²) in [5, 5.41) is 10.7. The van der Waals surface area contributed by atoms with Crippen LogP contribution in [-0.2, 0) is 0 Å². The van der Waals surface area contributed by atoms with Gasteiger partial charge in [0.1, 0.15) is 5.82 Å². The van der Waals surface area contributed by atoms with Gasteiger partial charge >= 0.3 is 0 Å². The maximum atomic E-state index is 11.9. The van der Waals surface area contributed by atoms with Gasteiger partial charge in [0.25, 0.3) is 11.2 Å². The number of nitrogens with zero attached hydrogens (tertiary/aromatic N) is 2. The number of hydrogen-bond donors (Lipinski definition) is 2. The summed E-state index contributed by atoms with van der Waals surface area (Å²) in [4.78, 5) is 29.1. The normalized spacial score (nSPS) is 10.4. The van der Waals surface area contributed by atoms with Crippen molar-refractivity contribution in [3.8, 4) is 22.6 Å². The summed E-state index contributed by atoms with van der Waals surface area (Å²) in [7, 11) is 0. The Kier molecular flexibility index (Phi) is 3.60. The van der Waals surface area contributed by atoms with Crippen LogP contribution < -0.4 is 11.3 Å². The van der Waals surface area contributed by atoms with Gasteiger partial charge in [0.15, 0.2) is 0 Å². The predicted octanol–water partition coefficient (Wildman–Crippen LogP) is 2.59. The van der Waals surface area contributed by atoms with E-state index in [2.05, 4.69) is 9.97 Å². The number of H-pyrrole nitrogens is 1. The maximum Gasteiger partial charge on any atom is 0.269 e. The summed E-state index contributed by atoms with van der Waals surface area (Å²) in [6.45, 7) is 0. The molecule has 0 aliphatic rings. The van der Waals surface area contributed by atoms with Crippen LogP contribution in [-0.4, -0.2) is 14.9 Å². The Balaban J connectivity index is 2.05. The molecule has 0 aliphatic heterocycles. The molecule has 2 aromatic carbocycles. The molecule has 0 bridgehead atoms. The fraction of sp³-hybridized carbons (Fsp3) is 0. The lowest BCUT2D eigenvalue weighted by molar-refractivity contribution is -0.384. The highest BCUT2D eigenvalue weighted by atomic mass is 16.6. The van der Waals surface area contributed by atoms with Crippen LogP contribution in [0.5, 0.6) is 0 Å². The van der Waals surface area contributed by atoms with Crippen molar-refractivity contribution in [2.75, 3.05) is 5.73 Å². The van der Waals surface area contributed by atoms with Crippen LogP contribution in [0, 0.1) is 10.1 Å². The number of anilines is 1. The number of rotatable bonds is 3. The molecule has 0 spiro atoms. The van der Waals surface area contributed by atoms with Crippen molar-refractivity contribution in [3.63, 3.8) is 0 Å². The van der Waals surface area contributed by atoms with Gasteiger partial charge in [-0.3, -0.25) is 14.9 Å². The third-order valence-electron chi connectivity index (χ3n) is 3.30. The van der Waals surface area contributed by atoms with Gasteiger partial charge in [-0.1, -0.05) is 12.1 Å². The second-order valence-corrected chi connectivity index (χ2v) is 4.91. The molecule has 1 heterocycles. The minimum absolute atomic E-state index is 0.0224. The molecule has 23 heavy (non-hydrogen) atoms. The number of benzene rings is 2. The fourth-order valence-electron chi connectivity index (χ4n) is 2.14. The van der Waals surface area contributed by atoms with E-state index in [1.807, 2.05) is 0 Å². The van der Waals surface area contributed by atoms with E-state index in [1.165, 1.54) is 18.2 Å². The molecule has 0 saturated heterocycles. The molecular formula is C16H12N4O3. The summed E-state index contributed by atoms with van der Waals surface area (Å²) >= 11 is 0. The van der Waals surface area contributed by atoms with Crippen molar-refractivity contribution in [3.05, 3.63) is 75.1 Å². The maximum absolute atomic E-state index is 11.9. The van der Waals surface area contributed by atoms with Crippen LogP contribution in [0.2, 0.25) is 0 Å². The second-order valence-electron chi connectivity index (χ2n) is 4.91. The van der Waals surface area contributed by atoms with E-state index in [0.717, 1.165) is 5.56 Å². The van der Waals surface area contributed by atoms with E-state index in [9.17, 15) is 14.9 Å². The number of nitrogen functional groups attached to an aromatic ring is 1. The molecule has 0 fully saturated rings. The molecule has 0 aliphatic carbocycles. The average molecular weight is 308 g/mol. The first-order valence-corrected chi connectivity index (χ1v) is 6.75. The quantitative estimate of drug-likeness (QED) is 0.438. The summed E-state index contributed by atoms with van der Waals surface area (Å²) in [5.74, 6) is 0.347. The number of nitrogens with two attached hydrogens (primary N) is 1. The van der Waals surface area contributed by atoms with Crippen LogP contribution >= 0.6 is 0 Å². The number of nitro benzene ring substituents is 1. The van der Waals surface area contributed by atoms with Gasteiger partial charge in [0.05, 0.1) is 10.6 Å². The minimum Gasteiger partial charge on any atom is -0.399 e. The molecule has 7 heteroatoms. The van der Waals surface area contributed by atoms with Gasteiger partial charge in [0.2, 0.25) is 0 Å². The van der Waals surface area contributed by atoms with Crippen molar-refractivity contribution in [2.45, 2.75) is 0 Å². The van der Waals surface area contributed by atoms with E-state index >= 15 is 0 Å². The van der Waals surface area contributed by atoms with Crippen LogP contribution in [0.25, 0.3) is 22.6 Å². The van der Waals surface area contributed by atoms with Gasteiger partial charge in [-0.05, 0) is 24.3 Å². The van der Waals surface area contributed by atoms with Crippen LogP contribution in [0.3, 0.4) is 0 Å². The minimum atomic E-state index is -0.481. The molecule has 0 radical (unpaired) electrons. The summed E-state index contributed by atoms with van der Waals surface area (Å²) in [6, 6.07) is 14.2. The molecule has 0 atom stereocenters. The highest BCUT2D eigenvalue weighted by Gasteiger charge is 2.09. The van der Waals surface area contributed by atoms with Crippen molar-refractivity contribution in [1.82, 2.24) is 9.97 Å². The molecule has 0 unspecified atom stereocenters. The van der Waals surface area contributed by atoms with Crippen molar-refractivity contribution in [2.24, 2.45) is 0 Å². The molecule has 114 valence electrons. The third-order valence-corrected chi connectivity index (χ3v) is 3.30. The lowest BCUT2D eigenvalue weighted by Gasteiger charge is -2.05. The average Bonchev–Trinajstić information content (AvgIpc) is 2.55. The lowest BCUT2D eigenvalue weighted by Crippen LogP contribution is -2.08. The molecule has 3 N–H and O–H groups in total. The zero-order valence-electron chi connectivity index (χ0n) is 11.9. The van der Waals surface area contributed by atoms with Gasteiger partial charge in [-0.15, -0.1) is 0 Å². The largest absolute Gasteiger partial charge is 0.399 e. The van der Waals surface area contributed by atoms with E-state index in [-0.39, 0.29) is 11.2 Å². The number of aromatic nitrogens is 2. The zero-order chi connectivity index (χ0) is 16.4. The SMILES string of the molecule is Nc1ccc(-c2cc(=O)[nH]c(-c3ccc([N+](=O)[O-])cc3)n2)cc1. The number of non-ortho nitro benzene ring substituents is 1. The monoisotopic (exact) mass is 308 g/mol. The Morgan fingerprint density at radius 3 is 2.22 bits per heavy atom. The highest BCUT2D eigenvalue weighted by Crippen LogP contribution is 2.22.